The standard InChI is InChI=1S/C18H24BrN3O3/c1-5-25-15-12-10-21(20-14(12)7-6-13(15)19)8-11-9-22(17(23)24)16(11)18(2,3)4/h6-7,10-11,16H,5,8-9H2,1-4H3,(H,23,24). The van der Waals surface area contributed by atoms with Crippen molar-refractivity contribution in [3.05, 3.63) is 22.8 Å². The van der Waals surface area contributed by atoms with Gasteiger partial charge in [-0.3, -0.25) is 4.68 Å². The highest BCUT2D eigenvalue weighted by atomic mass is 79.9. The van der Waals surface area contributed by atoms with Crippen LogP contribution in [0.1, 0.15) is 27.7 Å². The maximum Gasteiger partial charge on any atom is 0.407 e. The molecule has 2 heterocycles. The largest absolute Gasteiger partial charge is 0.492 e. The number of carbonyl (C=O) groups is 1. The first-order valence-corrected chi connectivity index (χ1v) is 9.29. The Hall–Kier alpha value is -1.76. The van der Waals surface area contributed by atoms with E-state index in [0.717, 1.165) is 21.1 Å². The number of nitrogens with zero attached hydrogens (tertiary/aromatic N) is 3. The number of hydrogen-bond acceptors (Lipinski definition) is 3. The summed E-state index contributed by atoms with van der Waals surface area (Å²) < 4.78 is 8.58. The van der Waals surface area contributed by atoms with E-state index in [-0.39, 0.29) is 17.4 Å². The molecule has 7 heteroatoms. The Bertz CT molecular complexity index is 797. The van der Waals surface area contributed by atoms with E-state index >= 15 is 0 Å². The van der Waals surface area contributed by atoms with E-state index in [4.69, 9.17) is 4.74 Å². The quantitative estimate of drug-likeness (QED) is 0.820. The van der Waals surface area contributed by atoms with Gasteiger partial charge in [0.25, 0.3) is 0 Å². The van der Waals surface area contributed by atoms with Gasteiger partial charge in [-0.2, -0.15) is 5.10 Å². The Morgan fingerprint density at radius 2 is 2.16 bits per heavy atom. The normalized spacial score (nSPS) is 20.6. The minimum absolute atomic E-state index is 0.00425. The van der Waals surface area contributed by atoms with Crippen molar-refractivity contribution in [2.45, 2.75) is 40.3 Å². The van der Waals surface area contributed by atoms with Crippen LogP contribution in [0.25, 0.3) is 10.9 Å². The van der Waals surface area contributed by atoms with Gasteiger partial charge in [0.2, 0.25) is 0 Å². The van der Waals surface area contributed by atoms with E-state index in [2.05, 4.69) is 41.8 Å². The van der Waals surface area contributed by atoms with Crippen molar-refractivity contribution >= 4 is 32.9 Å². The zero-order valence-corrected chi connectivity index (χ0v) is 16.6. The Morgan fingerprint density at radius 1 is 1.44 bits per heavy atom. The van der Waals surface area contributed by atoms with Gasteiger partial charge in [0, 0.05) is 31.2 Å². The lowest BCUT2D eigenvalue weighted by Crippen LogP contribution is -2.64. The summed E-state index contributed by atoms with van der Waals surface area (Å²) in [6.07, 6.45) is 1.15. The van der Waals surface area contributed by atoms with Crippen molar-refractivity contribution in [3.8, 4) is 5.75 Å². The number of amides is 1. The maximum atomic E-state index is 11.4. The molecule has 0 spiro atoms. The van der Waals surface area contributed by atoms with Gasteiger partial charge < -0.3 is 14.7 Å². The average Bonchev–Trinajstić information content (AvgIpc) is 2.87. The van der Waals surface area contributed by atoms with Crippen molar-refractivity contribution < 1.29 is 14.6 Å². The van der Waals surface area contributed by atoms with Crippen LogP contribution >= 0.6 is 15.9 Å². The molecule has 1 aromatic carbocycles. The zero-order chi connectivity index (χ0) is 18.4. The van der Waals surface area contributed by atoms with Crippen LogP contribution in [0.2, 0.25) is 0 Å². The van der Waals surface area contributed by atoms with Crippen molar-refractivity contribution in [1.29, 1.82) is 0 Å². The minimum Gasteiger partial charge on any atom is -0.492 e. The second kappa shape index (κ2) is 6.52. The number of rotatable bonds is 4. The summed E-state index contributed by atoms with van der Waals surface area (Å²) in [4.78, 5) is 13.0. The fraction of sp³-hybridized carbons (Fsp3) is 0.556. The molecule has 2 unspecified atom stereocenters. The molecule has 1 N–H and O–H groups in total. The number of fused-ring (bicyclic) bond motifs is 1. The molecule has 1 saturated heterocycles. The summed E-state index contributed by atoms with van der Waals surface area (Å²) in [5.74, 6) is 1.06. The van der Waals surface area contributed by atoms with Crippen LogP contribution in [0.4, 0.5) is 4.79 Å². The molecule has 1 aromatic heterocycles. The lowest BCUT2D eigenvalue weighted by molar-refractivity contribution is -0.0424. The molecule has 6 nitrogen and oxygen atoms in total. The number of ether oxygens (including phenoxy) is 1. The van der Waals surface area contributed by atoms with Gasteiger partial charge in [-0.25, -0.2) is 4.79 Å². The molecular formula is C18H24BrN3O3. The first kappa shape index (κ1) is 18.0. The number of aromatic nitrogens is 2. The molecule has 0 radical (unpaired) electrons. The molecule has 1 fully saturated rings. The highest BCUT2D eigenvalue weighted by molar-refractivity contribution is 9.10. The van der Waals surface area contributed by atoms with Gasteiger partial charge in [0.1, 0.15) is 5.75 Å². The Morgan fingerprint density at radius 3 is 2.76 bits per heavy atom. The molecule has 0 bridgehead atoms. The van der Waals surface area contributed by atoms with Crippen LogP contribution in [-0.4, -0.2) is 45.1 Å². The van der Waals surface area contributed by atoms with Gasteiger partial charge in [-0.15, -0.1) is 0 Å². The van der Waals surface area contributed by atoms with Crippen molar-refractivity contribution in [2.24, 2.45) is 11.3 Å². The SMILES string of the molecule is CCOc1c(Br)ccc2nn(CC3CN(C(=O)O)C3C(C)(C)C)cc12. The van der Waals surface area contributed by atoms with E-state index in [9.17, 15) is 9.90 Å². The van der Waals surface area contributed by atoms with E-state index < -0.39 is 6.09 Å². The third-order valence-corrected chi connectivity index (χ3v) is 5.32. The first-order valence-electron chi connectivity index (χ1n) is 8.50. The summed E-state index contributed by atoms with van der Waals surface area (Å²) in [5, 5.41) is 15.0. The summed E-state index contributed by atoms with van der Waals surface area (Å²) in [6, 6.07) is 3.90. The van der Waals surface area contributed by atoms with E-state index in [1.165, 1.54) is 4.90 Å². The molecule has 1 amide bonds. The molecule has 1 aliphatic heterocycles. The van der Waals surface area contributed by atoms with Crippen LogP contribution in [0.15, 0.2) is 22.8 Å². The fourth-order valence-electron chi connectivity index (χ4n) is 3.83. The summed E-state index contributed by atoms with van der Waals surface area (Å²) in [5.41, 5.74) is 0.779. The van der Waals surface area contributed by atoms with Crippen LogP contribution in [0.5, 0.6) is 5.75 Å². The van der Waals surface area contributed by atoms with Crippen molar-refractivity contribution in [3.63, 3.8) is 0 Å². The molecular weight excluding hydrogens is 386 g/mol. The molecule has 2 atom stereocenters. The van der Waals surface area contributed by atoms with Gasteiger partial charge in [-0.1, -0.05) is 20.8 Å². The second-order valence-corrected chi connectivity index (χ2v) is 8.45. The summed E-state index contributed by atoms with van der Waals surface area (Å²) >= 11 is 3.53. The van der Waals surface area contributed by atoms with Crippen LogP contribution in [0.3, 0.4) is 0 Å². The molecule has 1 aliphatic rings. The Balaban J connectivity index is 1.86. The molecule has 2 aromatic rings. The van der Waals surface area contributed by atoms with Gasteiger partial charge in [0.15, 0.2) is 0 Å². The molecule has 136 valence electrons. The summed E-state index contributed by atoms with van der Waals surface area (Å²) in [6.45, 7) is 10.1. The molecule has 0 aliphatic carbocycles. The Labute approximate surface area is 155 Å². The highest BCUT2D eigenvalue weighted by Gasteiger charge is 2.48. The van der Waals surface area contributed by atoms with Crippen LogP contribution in [0, 0.1) is 11.3 Å². The predicted molar refractivity (Wildman–Crippen MR) is 100 cm³/mol. The maximum absolute atomic E-state index is 11.4. The first-order chi connectivity index (χ1) is 11.7. The third-order valence-electron chi connectivity index (χ3n) is 4.70. The average molecular weight is 410 g/mol. The fourth-order valence-corrected chi connectivity index (χ4v) is 4.29. The Kier molecular flexibility index (Phi) is 4.70. The third kappa shape index (κ3) is 3.34. The number of hydrogen-bond donors (Lipinski definition) is 1. The van der Waals surface area contributed by atoms with Gasteiger partial charge in [-0.05, 0) is 40.4 Å². The van der Waals surface area contributed by atoms with Gasteiger partial charge in [0.05, 0.1) is 22.0 Å². The zero-order valence-electron chi connectivity index (χ0n) is 15.0. The lowest BCUT2D eigenvalue weighted by atomic mass is 9.72. The van der Waals surface area contributed by atoms with Crippen LogP contribution in [-0.2, 0) is 6.54 Å². The molecule has 25 heavy (non-hydrogen) atoms. The number of likely N-dealkylation sites (tertiary alicyclic amines) is 1. The number of carboxylic acid groups (broad SMARTS) is 1. The smallest absolute Gasteiger partial charge is 0.407 e. The van der Waals surface area contributed by atoms with Crippen molar-refractivity contribution in [2.75, 3.05) is 13.2 Å². The van der Waals surface area contributed by atoms with E-state index in [1.54, 1.807) is 0 Å². The van der Waals surface area contributed by atoms with E-state index in [1.807, 2.05) is 29.9 Å². The van der Waals surface area contributed by atoms with Crippen molar-refractivity contribution in [1.82, 2.24) is 14.7 Å². The van der Waals surface area contributed by atoms with E-state index in [0.29, 0.717) is 19.7 Å². The highest BCUT2D eigenvalue weighted by Crippen LogP contribution is 2.39. The summed E-state index contributed by atoms with van der Waals surface area (Å²) in [7, 11) is 0. The molecule has 0 saturated carbocycles. The number of halogens is 1. The minimum atomic E-state index is -0.843. The lowest BCUT2D eigenvalue weighted by Gasteiger charge is -2.52. The van der Waals surface area contributed by atoms with Gasteiger partial charge >= 0.3 is 6.09 Å². The predicted octanol–water partition coefficient (Wildman–Crippen LogP) is 4.22. The monoisotopic (exact) mass is 409 g/mol. The number of benzene rings is 1. The second-order valence-electron chi connectivity index (χ2n) is 7.60. The topological polar surface area (TPSA) is 67.6 Å². The van der Waals surface area contributed by atoms with Crippen LogP contribution < -0.4 is 4.74 Å². The molecule has 3 rings (SSSR count).